The molecule has 1 aliphatic rings. The number of halogens is 1. The molecule has 1 N–H and O–H groups in total. The Labute approximate surface area is 216 Å². The Kier molecular flexibility index (Phi) is 5.81. The van der Waals surface area contributed by atoms with Gasteiger partial charge in [0.25, 0.3) is 5.89 Å². The number of pyridine rings is 2. The molecule has 8 nitrogen and oxygen atoms in total. The van der Waals surface area contributed by atoms with Crippen molar-refractivity contribution < 1.29 is 9.32 Å². The molecule has 0 saturated heterocycles. The first-order valence-electron chi connectivity index (χ1n) is 12.0. The van der Waals surface area contributed by atoms with Gasteiger partial charge in [-0.25, -0.2) is 4.98 Å². The number of carbonyl (C=O) groups excluding carboxylic acids is 1. The summed E-state index contributed by atoms with van der Waals surface area (Å²) in [4.78, 5) is 35.4. The monoisotopic (exact) mass is 511 g/mol. The number of fused-ring (bicyclic) bond motifs is 2. The van der Waals surface area contributed by atoms with E-state index in [0.29, 0.717) is 27.4 Å². The number of benzene rings is 2. The van der Waals surface area contributed by atoms with Crippen LogP contribution in [0.15, 0.2) is 70.1 Å². The average molecular weight is 512 g/mol. The van der Waals surface area contributed by atoms with Crippen molar-refractivity contribution in [2.24, 2.45) is 0 Å². The molecule has 0 radical (unpaired) electrons. The van der Waals surface area contributed by atoms with E-state index in [1.165, 1.54) is 11.1 Å². The van der Waals surface area contributed by atoms with E-state index < -0.39 is 0 Å². The zero-order valence-electron chi connectivity index (χ0n) is 20.0. The van der Waals surface area contributed by atoms with Crippen LogP contribution in [0.5, 0.6) is 0 Å². The smallest absolute Gasteiger partial charge is 0.263 e. The van der Waals surface area contributed by atoms with Crippen LogP contribution < -0.4 is 10.7 Å². The van der Waals surface area contributed by atoms with Crippen molar-refractivity contribution in [2.75, 3.05) is 5.32 Å². The number of hydrogen-bond donors (Lipinski definition) is 1. The number of rotatable bonds is 5. The third-order valence-electron chi connectivity index (χ3n) is 6.52. The third kappa shape index (κ3) is 4.51. The van der Waals surface area contributed by atoms with Gasteiger partial charge >= 0.3 is 0 Å². The summed E-state index contributed by atoms with van der Waals surface area (Å²) in [5.41, 5.74) is 5.10. The Hall–Kier alpha value is -4.30. The van der Waals surface area contributed by atoms with E-state index in [9.17, 15) is 9.59 Å². The molecule has 184 valence electrons. The molecule has 6 rings (SSSR count). The minimum absolute atomic E-state index is 0.0461. The van der Waals surface area contributed by atoms with Crippen LogP contribution in [0.1, 0.15) is 23.2 Å². The quantitative estimate of drug-likeness (QED) is 0.348. The number of aryl methyl sites for hydroxylation is 3. The van der Waals surface area contributed by atoms with Crippen molar-refractivity contribution in [2.45, 2.75) is 32.7 Å². The molecule has 0 bridgehead atoms. The van der Waals surface area contributed by atoms with E-state index in [0.717, 1.165) is 30.6 Å². The Bertz CT molecular complexity index is 1720. The maximum atomic E-state index is 13.4. The fourth-order valence-corrected chi connectivity index (χ4v) is 4.81. The van der Waals surface area contributed by atoms with Gasteiger partial charge in [0.1, 0.15) is 17.8 Å². The van der Waals surface area contributed by atoms with Crippen LogP contribution in [0, 0.1) is 6.92 Å². The first-order chi connectivity index (χ1) is 17.9. The van der Waals surface area contributed by atoms with Crippen LogP contribution in [0.4, 0.5) is 5.69 Å². The molecule has 9 heteroatoms. The van der Waals surface area contributed by atoms with Crippen LogP contribution in [0.2, 0.25) is 5.02 Å². The second-order valence-corrected chi connectivity index (χ2v) is 9.58. The SMILES string of the molecule is Cc1ccc2c(=O)c(-c3nc(-c4ccc(Cl)cc4)no3)cn(CC(=O)Nc3ccc4c(c3)CCC4)c2n1. The molecule has 0 spiro atoms. The molecule has 37 heavy (non-hydrogen) atoms. The van der Waals surface area contributed by atoms with Crippen molar-refractivity contribution in [3.8, 4) is 22.8 Å². The number of amides is 1. The van der Waals surface area contributed by atoms with E-state index in [4.69, 9.17) is 16.1 Å². The highest BCUT2D eigenvalue weighted by Crippen LogP contribution is 2.26. The molecular formula is C28H22ClN5O3. The fraction of sp³-hybridized carbons (Fsp3) is 0.179. The lowest BCUT2D eigenvalue weighted by Crippen LogP contribution is -2.22. The Morgan fingerprint density at radius 2 is 1.86 bits per heavy atom. The Morgan fingerprint density at radius 1 is 1.05 bits per heavy atom. The molecule has 5 aromatic rings. The normalized spacial score (nSPS) is 12.6. The molecule has 0 saturated carbocycles. The predicted octanol–water partition coefficient (Wildman–Crippen LogP) is 5.20. The topological polar surface area (TPSA) is 103 Å². The molecule has 3 aromatic heterocycles. The fourth-order valence-electron chi connectivity index (χ4n) is 4.69. The van der Waals surface area contributed by atoms with Crippen molar-refractivity contribution in [1.82, 2.24) is 19.7 Å². The van der Waals surface area contributed by atoms with E-state index in [1.54, 1.807) is 47.2 Å². The summed E-state index contributed by atoms with van der Waals surface area (Å²) in [6.07, 6.45) is 4.80. The lowest BCUT2D eigenvalue weighted by atomic mass is 10.1. The molecule has 0 atom stereocenters. The minimum Gasteiger partial charge on any atom is -0.333 e. The second kappa shape index (κ2) is 9.29. The summed E-state index contributed by atoms with van der Waals surface area (Å²) in [7, 11) is 0. The lowest BCUT2D eigenvalue weighted by molar-refractivity contribution is -0.116. The van der Waals surface area contributed by atoms with Gasteiger partial charge in [0, 0.05) is 28.2 Å². The lowest BCUT2D eigenvalue weighted by Gasteiger charge is -2.13. The highest BCUT2D eigenvalue weighted by molar-refractivity contribution is 6.30. The van der Waals surface area contributed by atoms with E-state index in [2.05, 4.69) is 26.5 Å². The number of hydrogen-bond acceptors (Lipinski definition) is 6. The van der Waals surface area contributed by atoms with Crippen molar-refractivity contribution >= 4 is 34.2 Å². The molecule has 1 aliphatic carbocycles. The molecule has 0 aliphatic heterocycles. The predicted molar refractivity (Wildman–Crippen MR) is 142 cm³/mol. The number of anilines is 1. The van der Waals surface area contributed by atoms with Gasteiger partial charge in [0.2, 0.25) is 17.2 Å². The van der Waals surface area contributed by atoms with Crippen molar-refractivity contribution in [3.63, 3.8) is 0 Å². The Balaban J connectivity index is 1.36. The van der Waals surface area contributed by atoms with Crippen molar-refractivity contribution in [1.29, 1.82) is 0 Å². The molecule has 0 fully saturated rings. The first-order valence-corrected chi connectivity index (χ1v) is 12.3. The first kappa shape index (κ1) is 23.1. The maximum absolute atomic E-state index is 13.4. The number of aromatic nitrogens is 4. The summed E-state index contributed by atoms with van der Waals surface area (Å²) >= 11 is 5.98. The minimum atomic E-state index is -0.302. The highest BCUT2D eigenvalue weighted by atomic mass is 35.5. The van der Waals surface area contributed by atoms with E-state index >= 15 is 0 Å². The summed E-state index contributed by atoms with van der Waals surface area (Å²) < 4.78 is 7.11. The average Bonchev–Trinajstić information content (AvgIpc) is 3.56. The number of carbonyl (C=O) groups is 1. The molecule has 1 amide bonds. The second-order valence-electron chi connectivity index (χ2n) is 9.14. The number of nitrogens with zero attached hydrogens (tertiary/aromatic N) is 4. The third-order valence-corrected chi connectivity index (χ3v) is 6.77. The van der Waals surface area contributed by atoms with Crippen LogP contribution in [0.25, 0.3) is 33.9 Å². The van der Waals surface area contributed by atoms with Gasteiger partial charge < -0.3 is 14.4 Å². The van der Waals surface area contributed by atoms with Crippen LogP contribution in [-0.4, -0.2) is 25.6 Å². The zero-order valence-corrected chi connectivity index (χ0v) is 20.7. The van der Waals surface area contributed by atoms with Gasteiger partial charge in [-0.3, -0.25) is 9.59 Å². The van der Waals surface area contributed by atoms with E-state index in [-0.39, 0.29) is 29.3 Å². The van der Waals surface area contributed by atoms with Gasteiger partial charge in [0.05, 0.1) is 5.39 Å². The largest absolute Gasteiger partial charge is 0.333 e. The molecule has 2 aromatic carbocycles. The van der Waals surface area contributed by atoms with Gasteiger partial charge in [-0.1, -0.05) is 22.8 Å². The molecule has 0 unspecified atom stereocenters. The Morgan fingerprint density at radius 3 is 2.70 bits per heavy atom. The van der Waals surface area contributed by atoms with Gasteiger partial charge in [-0.2, -0.15) is 4.98 Å². The van der Waals surface area contributed by atoms with Gasteiger partial charge in [0.15, 0.2) is 0 Å². The van der Waals surface area contributed by atoms with Crippen LogP contribution in [-0.2, 0) is 24.2 Å². The summed E-state index contributed by atoms with van der Waals surface area (Å²) in [6.45, 7) is 1.79. The van der Waals surface area contributed by atoms with Crippen molar-refractivity contribution in [3.05, 3.63) is 92.9 Å². The molecule has 3 heterocycles. The summed E-state index contributed by atoms with van der Waals surface area (Å²) in [5.74, 6) is 0.156. The van der Waals surface area contributed by atoms with Crippen LogP contribution >= 0.6 is 11.6 Å². The summed E-state index contributed by atoms with van der Waals surface area (Å²) in [6, 6.07) is 16.5. The van der Waals surface area contributed by atoms with Gasteiger partial charge in [-0.05, 0) is 85.8 Å². The highest BCUT2D eigenvalue weighted by Gasteiger charge is 2.20. The van der Waals surface area contributed by atoms with Gasteiger partial charge in [-0.15, -0.1) is 0 Å². The zero-order chi connectivity index (χ0) is 25.5. The van der Waals surface area contributed by atoms with Crippen LogP contribution in [0.3, 0.4) is 0 Å². The van der Waals surface area contributed by atoms with E-state index in [1.807, 2.05) is 19.1 Å². The maximum Gasteiger partial charge on any atom is 0.263 e. The standard InChI is InChI=1S/C28H22ClN5O3/c1-16-5-12-22-25(36)23(28-32-26(33-37-28)18-6-9-20(29)10-7-18)14-34(27(22)30-16)15-24(35)31-21-11-8-17-3-2-4-19(17)13-21/h5-14H,2-4,15H2,1H3,(H,31,35). The summed E-state index contributed by atoms with van der Waals surface area (Å²) in [5, 5.41) is 7.96. The molecular weight excluding hydrogens is 490 g/mol. The number of nitrogens with one attached hydrogen (secondary N) is 1.